The van der Waals surface area contributed by atoms with Crippen molar-refractivity contribution in [3.63, 3.8) is 0 Å². The van der Waals surface area contributed by atoms with Crippen LogP contribution in [0.25, 0.3) is 5.69 Å². The standard InChI is InChI=1S/C25H24ClF2N9/c26-18-3-4-20-16(7-18)9-34(15-25(27,28)17-1-2-17)10-21-32-33-23(37(20)21)36-13-24(14-36)11-35(12-24)22-30-6-5-19(8-29)31-22/h3-7,17H,1-2,9-15H2. The number of alkyl halides is 2. The first-order valence-corrected chi connectivity index (χ1v) is 12.8. The molecule has 12 heteroatoms. The van der Waals surface area contributed by atoms with Gasteiger partial charge in [-0.1, -0.05) is 11.6 Å². The average molecular weight is 524 g/mol. The Morgan fingerprint density at radius 2 is 1.86 bits per heavy atom. The summed E-state index contributed by atoms with van der Waals surface area (Å²) in [6, 6.07) is 9.26. The molecule has 190 valence electrons. The summed E-state index contributed by atoms with van der Waals surface area (Å²) in [6.07, 6.45) is 2.79. The van der Waals surface area contributed by atoms with Crippen molar-refractivity contribution >= 4 is 23.5 Å². The molecule has 2 saturated heterocycles. The third-order valence-corrected chi connectivity index (χ3v) is 8.03. The van der Waals surface area contributed by atoms with Crippen LogP contribution in [0.2, 0.25) is 5.02 Å². The van der Waals surface area contributed by atoms with E-state index in [0.717, 1.165) is 43.4 Å². The summed E-state index contributed by atoms with van der Waals surface area (Å²) in [5, 5.41) is 18.6. The number of hydrogen-bond donors (Lipinski definition) is 0. The minimum absolute atomic E-state index is 0.102. The Bertz CT molecular complexity index is 1420. The Balaban J connectivity index is 1.12. The van der Waals surface area contributed by atoms with Gasteiger partial charge in [-0.3, -0.25) is 9.47 Å². The molecular formula is C25H24ClF2N9. The second kappa shape index (κ2) is 8.07. The van der Waals surface area contributed by atoms with Crippen LogP contribution in [0.5, 0.6) is 0 Å². The molecule has 4 aliphatic rings. The largest absolute Gasteiger partial charge is 0.339 e. The van der Waals surface area contributed by atoms with Crippen LogP contribution in [0.4, 0.5) is 20.7 Å². The molecule has 0 radical (unpaired) electrons. The molecule has 0 unspecified atom stereocenters. The van der Waals surface area contributed by atoms with E-state index in [2.05, 4.69) is 36.0 Å². The van der Waals surface area contributed by atoms with Crippen LogP contribution < -0.4 is 9.80 Å². The molecular weight excluding hydrogens is 500 g/mol. The van der Waals surface area contributed by atoms with Crippen LogP contribution in [0.3, 0.4) is 0 Å². The maximum atomic E-state index is 14.7. The molecule has 3 fully saturated rings. The van der Waals surface area contributed by atoms with Gasteiger partial charge in [0.25, 0.3) is 5.92 Å². The fourth-order valence-corrected chi connectivity index (χ4v) is 6.07. The van der Waals surface area contributed by atoms with Crippen LogP contribution in [-0.4, -0.2) is 68.3 Å². The first-order chi connectivity index (χ1) is 17.8. The number of nitrogens with zero attached hydrogens (tertiary/aromatic N) is 9. The molecule has 37 heavy (non-hydrogen) atoms. The van der Waals surface area contributed by atoms with Crippen LogP contribution in [0, 0.1) is 22.7 Å². The SMILES string of the molecule is N#Cc1ccnc(N2CC3(C2)CN(c2nnc4n2-c2ccc(Cl)cc2CN(CC(F)(F)C2CC2)C4)C3)n1. The van der Waals surface area contributed by atoms with Crippen molar-refractivity contribution in [3.8, 4) is 11.8 Å². The van der Waals surface area contributed by atoms with Gasteiger partial charge in [-0.25, -0.2) is 18.7 Å². The normalized spacial score (nSPS) is 20.5. The van der Waals surface area contributed by atoms with E-state index >= 15 is 0 Å². The highest BCUT2D eigenvalue weighted by Gasteiger charge is 2.54. The molecule has 1 saturated carbocycles. The quantitative estimate of drug-likeness (QED) is 0.503. The van der Waals surface area contributed by atoms with E-state index in [9.17, 15) is 8.78 Å². The highest BCUT2D eigenvalue weighted by Crippen LogP contribution is 2.45. The van der Waals surface area contributed by atoms with E-state index in [4.69, 9.17) is 16.9 Å². The molecule has 1 spiro atoms. The summed E-state index contributed by atoms with van der Waals surface area (Å²) in [5.41, 5.74) is 2.23. The van der Waals surface area contributed by atoms with E-state index in [1.54, 1.807) is 17.2 Å². The second-order valence-electron chi connectivity index (χ2n) is 10.8. The van der Waals surface area contributed by atoms with Gasteiger partial charge in [0.2, 0.25) is 11.9 Å². The highest BCUT2D eigenvalue weighted by atomic mass is 35.5. The van der Waals surface area contributed by atoms with Crippen molar-refractivity contribution in [2.75, 3.05) is 42.5 Å². The maximum absolute atomic E-state index is 14.7. The van der Waals surface area contributed by atoms with E-state index in [1.165, 1.54) is 0 Å². The molecule has 0 amide bonds. The lowest BCUT2D eigenvalue weighted by molar-refractivity contribution is -0.0558. The number of hydrogen-bond acceptors (Lipinski definition) is 8. The summed E-state index contributed by atoms with van der Waals surface area (Å²) >= 11 is 6.31. The van der Waals surface area contributed by atoms with E-state index in [-0.39, 0.29) is 12.0 Å². The molecule has 1 aromatic carbocycles. The zero-order valence-electron chi connectivity index (χ0n) is 20.0. The third-order valence-electron chi connectivity index (χ3n) is 7.79. The molecule has 9 nitrogen and oxygen atoms in total. The molecule has 3 aromatic rings. The van der Waals surface area contributed by atoms with Crippen LogP contribution in [0.1, 0.15) is 29.9 Å². The van der Waals surface area contributed by atoms with Crippen molar-refractivity contribution in [1.82, 2.24) is 29.6 Å². The van der Waals surface area contributed by atoms with Gasteiger partial charge in [0, 0.05) is 55.3 Å². The van der Waals surface area contributed by atoms with Gasteiger partial charge in [0.1, 0.15) is 11.8 Å². The van der Waals surface area contributed by atoms with Gasteiger partial charge in [-0.2, -0.15) is 5.26 Å². The maximum Gasteiger partial charge on any atom is 0.263 e. The van der Waals surface area contributed by atoms with E-state index < -0.39 is 11.8 Å². The van der Waals surface area contributed by atoms with Crippen LogP contribution in [-0.2, 0) is 13.1 Å². The van der Waals surface area contributed by atoms with Gasteiger partial charge in [0.15, 0.2) is 5.82 Å². The molecule has 2 aromatic heterocycles. The minimum atomic E-state index is -2.72. The summed E-state index contributed by atoms with van der Waals surface area (Å²) in [6.45, 7) is 3.56. The number of anilines is 2. The fraction of sp³-hybridized carbons (Fsp3) is 0.480. The summed E-state index contributed by atoms with van der Waals surface area (Å²) in [4.78, 5) is 14.6. The Hall–Kier alpha value is -3.36. The number of nitriles is 1. The van der Waals surface area contributed by atoms with Gasteiger partial charge < -0.3 is 9.80 Å². The number of halogens is 3. The van der Waals surface area contributed by atoms with Crippen LogP contribution >= 0.6 is 11.6 Å². The van der Waals surface area contributed by atoms with Crippen molar-refractivity contribution in [3.05, 3.63) is 52.6 Å². The number of fused-ring (bicyclic) bond motifs is 3. The van der Waals surface area contributed by atoms with Gasteiger partial charge in [-0.05, 0) is 42.7 Å². The van der Waals surface area contributed by atoms with E-state index in [1.807, 2.05) is 22.8 Å². The molecule has 5 heterocycles. The molecule has 0 bridgehead atoms. The van der Waals surface area contributed by atoms with Crippen molar-refractivity contribution in [2.24, 2.45) is 11.3 Å². The van der Waals surface area contributed by atoms with Crippen molar-refractivity contribution in [1.29, 1.82) is 5.26 Å². The first-order valence-electron chi connectivity index (χ1n) is 12.4. The highest BCUT2D eigenvalue weighted by molar-refractivity contribution is 6.30. The smallest absolute Gasteiger partial charge is 0.263 e. The molecule has 0 N–H and O–H groups in total. The minimum Gasteiger partial charge on any atom is -0.339 e. The molecule has 7 rings (SSSR count). The van der Waals surface area contributed by atoms with E-state index in [0.29, 0.717) is 48.4 Å². The van der Waals surface area contributed by atoms with Crippen LogP contribution in [0.15, 0.2) is 30.5 Å². The number of rotatable bonds is 5. The Labute approximate surface area is 217 Å². The van der Waals surface area contributed by atoms with Crippen molar-refractivity contribution in [2.45, 2.75) is 31.9 Å². The molecule has 1 aliphatic carbocycles. The fourth-order valence-electron chi connectivity index (χ4n) is 5.87. The predicted molar refractivity (Wildman–Crippen MR) is 132 cm³/mol. The lowest BCUT2D eigenvalue weighted by atomic mass is 9.73. The lowest BCUT2D eigenvalue weighted by Crippen LogP contribution is -2.73. The van der Waals surface area contributed by atoms with Gasteiger partial charge >= 0.3 is 0 Å². The number of aromatic nitrogens is 5. The first kappa shape index (κ1) is 22.8. The average Bonchev–Trinajstić information content (AvgIpc) is 3.62. The second-order valence-corrected chi connectivity index (χ2v) is 11.2. The number of benzene rings is 1. The Kier molecular flexibility index (Phi) is 4.97. The Morgan fingerprint density at radius 3 is 2.62 bits per heavy atom. The summed E-state index contributed by atoms with van der Waals surface area (Å²) in [5.74, 6) is -1.28. The summed E-state index contributed by atoms with van der Waals surface area (Å²) in [7, 11) is 0. The topological polar surface area (TPSA) is 90.0 Å². The summed E-state index contributed by atoms with van der Waals surface area (Å²) < 4.78 is 31.5. The molecule has 3 aliphatic heterocycles. The zero-order chi connectivity index (χ0) is 25.4. The monoisotopic (exact) mass is 523 g/mol. The molecule has 0 atom stereocenters. The lowest BCUT2D eigenvalue weighted by Gasteiger charge is -2.60. The Morgan fingerprint density at radius 1 is 1.08 bits per heavy atom. The van der Waals surface area contributed by atoms with Gasteiger partial charge in [0.05, 0.1) is 18.8 Å². The third kappa shape index (κ3) is 3.90. The zero-order valence-corrected chi connectivity index (χ0v) is 20.7. The van der Waals surface area contributed by atoms with Crippen molar-refractivity contribution < 1.29 is 8.78 Å². The predicted octanol–water partition coefficient (Wildman–Crippen LogP) is 3.27. The van der Waals surface area contributed by atoms with Gasteiger partial charge in [-0.15, -0.1) is 10.2 Å².